The Kier molecular flexibility index (Phi) is 2.96. The molecule has 0 amide bonds. The molecule has 0 saturated heterocycles. The van der Waals surface area contributed by atoms with E-state index in [1.165, 1.54) is 7.11 Å². The average molecular weight is 246 g/mol. The standard InChI is InChI=1S/C8H5BrClNO/c1-12-8-3-6(9)7(10)2-5(8)4-11/h2-3H,1H3. The largest absolute Gasteiger partial charge is 0.495 e. The van der Waals surface area contributed by atoms with Crippen molar-refractivity contribution in [2.24, 2.45) is 0 Å². The predicted molar refractivity (Wildman–Crippen MR) is 50.4 cm³/mol. The molecule has 62 valence electrons. The summed E-state index contributed by atoms with van der Waals surface area (Å²) in [6.45, 7) is 0. The predicted octanol–water partition coefficient (Wildman–Crippen LogP) is 2.98. The van der Waals surface area contributed by atoms with Crippen LogP contribution in [0.1, 0.15) is 5.56 Å². The third-order valence-corrected chi connectivity index (χ3v) is 2.56. The zero-order valence-corrected chi connectivity index (χ0v) is 8.61. The molecule has 12 heavy (non-hydrogen) atoms. The molecule has 0 heterocycles. The molecule has 0 saturated carbocycles. The van der Waals surface area contributed by atoms with Gasteiger partial charge in [0.25, 0.3) is 0 Å². The van der Waals surface area contributed by atoms with Crippen molar-refractivity contribution in [1.29, 1.82) is 5.26 Å². The number of nitrogens with zero attached hydrogens (tertiary/aromatic N) is 1. The lowest BCUT2D eigenvalue weighted by atomic mass is 10.2. The molecule has 0 aromatic heterocycles. The smallest absolute Gasteiger partial charge is 0.137 e. The van der Waals surface area contributed by atoms with Crippen molar-refractivity contribution < 1.29 is 4.74 Å². The van der Waals surface area contributed by atoms with Crippen LogP contribution in [0.25, 0.3) is 0 Å². The summed E-state index contributed by atoms with van der Waals surface area (Å²) in [6, 6.07) is 5.21. The molecule has 1 aromatic carbocycles. The molecular formula is C8H5BrClNO. The fourth-order valence-corrected chi connectivity index (χ4v) is 1.27. The first-order valence-corrected chi connectivity index (χ1v) is 4.29. The van der Waals surface area contributed by atoms with Crippen molar-refractivity contribution in [2.75, 3.05) is 7.11 Å². The van der Waals surface area contributed by atoms with Crippen LogP contribution in [-0.4, -0.2) is 7.11 Å². The molecule has 0 unspecified atom stereocenters. The van der Waals surface area contributed by atoms with Crippen LogP contribution in [0.3, 0.4) is 0 Å². The Labute approximate surface area is 83.8 Å². The van der Waals surface area contributed by atoms with E-state index in [0.29, 0.717) is 16.3 Å². The summed E-state index contributed by atoms with van der Waals surface area (Å²) in [4.78, 5) is 0. The van der Waals surface area contributed by atoms with Crippen LogP contribution in [0.4, 0.5) is 0 Å². The Morgan fingerprint density at radius 2 is 2.25 bits per heavy atom. The lowest BCUT2D eigenvalue weighted by molar-refractivity contribution is 0.413. The van der Waals surface area contributed by atoms with E-state index in [9.17, 15) is 0 Å². The number of halogens is 2. The zero-order valence-electron chi connectivity index (χ0n) is 6.27. The Bertz CT molecular complexity index is 346. The number of rotatable bonds is 1. The zero-order chi connectivity index (χ0) is 9.14. The minimum Gasteiger partial charge on any atom is -0.495 e. The first-order chi connectivity index (χ1) is 5.69. The number of hydrogen-bond donors (Lipinski definition) is 0. The molecule has 1 rings (SSSR count). The van der Waals surface area contributed by atoms with Crippen LogP contribution in [0.5, 0.6) is 5.75 Å². The monoisotopic (exact) mass is 245 g/mol. The highest BCUT2D eigenvalue weighted by atomic mass is 79.9. The Morgan fingerprint density at radius 3 is 2.75 bits per heavy atom. The second-order valence-electron chi connectivity index (χ2n) is 2.08. The van der Waals surface area contributed by atoms with E-state index in [2.05, 4.69) is 15.9 Å². The summed E-state index contributed by atoms with van der Waals surface area (Å²) in [5.41, 5.74) is 0.436. The van der Waals surface area contributed by atoms with Crippen molar-refractivity contribution >= 4 is 27.5 Å². The van der Waals surface area contributed by atoms with Gasteiger partial charge in [0.05, 0.1) is 17.7 Å². The second-order valence-corrected chi connectivity index (χ2v) is 3.34. The topological polar surface area (TPSA) is 33.0 Å². The lowest BCUT2D eigenvalue weighted by Gasteiger charge is -2.03. The minimum absolute atomic E-state index is 0.436. The molecule has 0 fully saturated rings. The molecule has 1 aromatic rings. The van der Waals surface area contributed by atoms with Gasteiger partial charge in [-0.05, 0) is 28.1 Å². The van der Waals surface area contributed by atoms with Crippen LogP contribution < -0.4 is 4.74 Å². The van der Waals surface area contributed by atoms with Crippen LogP contribution in [0.2, 0.25) is 5.02 Å². The van der Waals surface area contributed by atoms with Gasteiger partial charge < -0.3 is 4.74 Å². The van der Waals surface area contributed by atoms with Crippen LogP contribution in [0, 0.1) is 11.3 Å². The molecule has 0 N–H and O–H groups in total. The van der Waals surface area contributed by atoms with Gasteiger partial charge >= 0.3 is 0 Å². The quantitative estimate of drug-likeness (QED) is 0.763. The molecule has 0 atom stereocenters. The number of benzene rings is 1. The van der Waals surface area contributed by atoms with Gasteiger partial charge in [0.2, 0.25) is 0 Å². The highest BCUT2D eigenvalue weighted by Gasteiger charge is 2.06. The molecule has 4 heteroatoms. The molecule has 0 aliphatic heterocycles. The Hall–Kier alpha value is -0.720. The van der Waals surface area contributed by atoms with Gasteiger partial charge in [0.1, 0.15) is 11.8 Å². The third kappa shape index (κ3) is 1.71. The van der Waals surface area contributed by atoms with Crippen molar-refractivity contribution in [3.05, 3.63) is 27.2 Å². The van der Waals surface area contributed by atoms with E-state index >= 15 is 0 Å². The van der Waals surface area contributed by atoms with Crippen LogP contribution in [-0.2, 0) is 0 Å². The van der Waals surface area contributed by atoms with Crippen LogP contribution >= 0.6 is 27.5 Å². The first kappa shape index (κ1) is 9.37. The number of methoxy groups -OCH3 is 1. The van der Waals surface area contributed by atoms with Gasteiger partial charge in [-0.1, -0.05) is 11.6 Å². The molecule has 0 spiro atoms. The number of ether oxygens (including phenoxy) is 1. The highest BCUT2D eigenvalue weighted by Crippen LogP contribution is 2.30. The van der Waals surface area contributed by atoms with Gasteiger partial charge in [0, 0.05) is 4.47 Å². The van der Waals surface area contributed by atoms with Gasteiger partial charge in [-0.25, -0.2) is 0 Å². The lowest BCUT2D eigenvalue weighted by Crippen LogP contribution is -1.87. The molecular weight excluding hydrogens is 241 g/mol. The van der Waals surface area contributed by atoms with Gasteiger partial charge in [-0.3, -0.25) is 0 Å². The van der Waals surface area contributed by atoms with Crippen molar-refractivity contribution in [2.45, 2.75) is 0 Å². The van der Waals surface area contributed by atoms with Gasteiger partial charge in [0.15, 0.2) is 0 Å². The molecule has 2 nitrogen and oxygen atoms in total. The first-order valence-electron chi connectivity index (χ1n) is 3.12. The van der Waals surface area contributed by atoms with E-state index in [1.54, 1.807) is 12.1 Å². The number of hydrogen-bond acceptors (Lipinski definition) is 2. The van der Waals surface area contributed by atoms with E-state index in [1.807, 2.05) is 6.07 Å². The number of nitriles is 1. The fraction of sp³-hybridized carbons (Fsp3) is 0.125. The SMILES string of the molecule is COc1cc(Br)c(Cl)cc1C#N. The van der Waals surface area contributed by atoms with Crippen molar-refractivity contribution in [3.63, 3.8) is 0 Å². The average Bonchev–Trinajstić information content (AvgIpc) is 2.09. The van der Waals surface area contributed by atoms with E-state index in [0.717, 1.165) is 4.47 Å². The van der Waals surface area contributed by atoms with Crippen LogP contribution in [0.15, 0.2) is 16.6 Å². The van der Waals surface area contributed by atoms with E-state index in [4.69, 9.17) is 21.6 Å². The molecule has 0 bridgehead atoms. The van der Waals surface area contributed by atoms with Crippen molar-refractivity contribution in [3.8, 4) is 11.8 Å². The maximum atomic E-state index is 8.66. The maximum absolute atomic E-state index is 8.66. The third-order valence-electron chi connectivity index (χ3n) is 1.36. The van der Waals surface area contributed by atoms with E-state index in [-0.39, 0.29) is 0 Å². The van der Waals surface area contributed by atoms with Gasteiger partial charge in [-0.2, -0.15) is 5.26 Å². The fourth-order valence-electron chi connectivity index (χ4n) is 0.785. The molecule has 0 aliphatic carbocycles. The van der Waals surface area contributed by atoms with Crippen molar-refractivity contribution in [1.82, 2.24) is 0 Å². The second kappa shape index (κ2) is 3.79. The molecule has 0 radical (unpaired) electrons. The van der Waals surface area contributed by atoms with E-state index < -0.39 is 0 Å². The highest BCUT2D eigenvalue weighted by molar-refractivity contribution is 9.10. The van der Waals surface area contributed by atoms with Gasteiger partial charge in [-0.15, -0.1) is 0 Å². The Balaban J connectivity index is 3.31. The minimum atomic E-state index is 0.436. The Morgan fingerprint density at radius 1 is 1.58 bits per heavy atom. The molecule has 0 aliphatic rings. The normalized spacial score (nSPS) is 9.17. The summed E-state index contributed by atoms with van der Waals surface area (Å²) in [6.07, 6.45) is 0. The maximum Gasteiger partial charge on any atom is 0.137 e. The summed E-state index contributed by atoms with van der Waals surface area (Å²) in [7, 11) is 1.51. The summed E-state index contributed by atoms with van der Waals surface area (Å²) in [5, 5.41) is 9.17. The summed E-state index contributed by atoms with van der Waals surface area (Å²) in [5.74, 6) is 0.522. The summed E-state index contributed by atoms with van der Waals surface area (Å²) < 4.78 is 5.68. The summed E-state index contributed by atoms with van der Waals surface area (Å²) >= 11 is 9.00.